The number of hydrogen-bond donors (Lipinski definition) is 1. The summed E-state index contributed by atoms with van der Waals surface area (Å²) in [6.07, 6.45) is 5.06. The van der Waals surface area contributed by atoms with Gasteiger partial charge in [0.1, 0.15) is 0 Å². The minimum absolute atomic E-state index is 0.196. The molecule has 4 heteroatoms. The maximum absolute atomic E-state index is 12.8. The molecule has 0 unspecified atom stereocenters. The molecular formula is C18H20ClNOS. The van der Waals surface area contributed by atoms with Gasteiger partial charge in [0.25, 0.3) is 0 Å². The maximum Gasteiger partial charge on any atom is 0.231 e. The zero-order valence-corrected chi connectivity index (χ0v) is 14.1. The molecule has 0 atom stereocenters. The van der Waals surface area contributed by atoms with Crippen LogP contribution in [0.15, 0.2) is 41.8 Å². The molecule has 1 saturated carbocycles. The second-order valence-corrected chi connectivity index (χ2v) is 7.28. The van der Waals surface area contributed by atoms with Crippen molar-refractivity contribution in [3.63, 3.8) is 0 Å². The summed E-state index contributed by atoms with van der Waals surface area (Å²) in [5, 5.41) is 5.96. The maximum atomic E-state index is 12.8. The number of hydrogen-bond acceptors (Lipinski definition) is 2. The van der Waals surface area contributed by atoms with E-state index in [2.05, 4.69) is 16.8 Å². The molecule has 2 nitrogen and oxygen atoms in total. The molecular weight excluding hydrogens is 314 g/mol. The van der Waals surface area contributed by atoms with Gasteiger partial charge in [0, 0.05) is 16.4 Å². The molecule has 1 N–H and O–H groups in total. The van der Waals surface area contributed by atoms with Gasteiger partial charge in [-0.25, -0.2) is 0 Å². The molecule has 0 spiro atoms. The van der Waals surface area contributed by atoms with Crippen molar-refractivity contribution in [2.24, 2.45) is 0 Å². The standard InChI is InChI=1S/C18H20ClNOS/c19-15-7-5-14(6-8-15)9-12-20-17(21)18(10-1-2-11-18)16-4-3-13-22-16/h3-8,13H,1-2,9-12H2,(H,20,21). The molecule has 1 amide bonds. The molecule has 3 rings (SSSR count). The molecule has 1 aromatic heterocycles. The summed E-state index contributed by atoms with van der Waals surface area (Å²) in [5.74, 6) is 0.196. The Bertz CT molecular complexity index is 615. The highest BCUT2D eigenvalue weighted by atomic mass is 35.5. The highest BCUT2D eigenvalue weighted by Crippen LogP contribution is 2.43. The van der Waals surface area contributed by atoms with Crippen LogP contribution < -0.4 is 5.32 Å². The average Bonchev–Trinajstić information content (AvgIpc) is 3.21. The van der Waals surface area contributed by atoms with E-state index in [9.17, 15) is 4.79 Å². The average molecular weight is 334 g/mol. The highest BCUT2D eigenvalue weighted by Gasteiger charge is 2.43. The molecule has 1 heterocycles. The molecule has 0 radical (unpaired) electrons. The summed E-state index contributed by atoms with van der Waals surface area (Å²) >= 11 is 7.59. The van der Waals surface area contributed by atoms with Crippen molar-refractivity contribution in [3.05, 3.63) is 57.2 Å². The van der Waals surface area contributed by atoms with Crippen LogP contribution in [0.2, 0.25) is 5.02 Å². The van der Waals surface area contributed by atoms with Crippen molar-refractivity contribution in [3.8, 4) is 0 Å². The lowest BCUT2D eigenvalue weighted by Crippen LogP contribution is -2.42. The number of carbonyl (C=O) groups excluding carboxylic acids is 1. The Balaban J connectivity index is 1.62. The third kappa shape index (κ3) is 3.21. The summed E-state index contributed by atoms with van der Waals surface area (Å²) in [7, 11) is 0. The lowest BCUT2D eigenvalue weighted by molar-refractivity contribution is -0.126. The van der Waals surface area contributed by atoms with Crippen molar-refractivity contribution in [2.75, 3.05) is 6.54 Å². The fraction of sp³-hybridized carbons (Fsp3) is 0.389. The van der Waals surface area contributed by atoms with Crippen LogP contribution in [0, 0.1) is 0 Å². The van der Waals surface area contributed by atoms with Crippen molar-refractivity contribution in [1.29, 1.82) is 0 Å². The van der Waals surface area contributed by atoms with E-state index >= 15 is 0 Å². The SMILES string of the molecule is O=C(NCCc1ccc(Cl)cc1)C1(c2cccs2)CCCC1. The van der Waals surface area contributed by atoms with Crippen molar-refractivity contribution in [2.45, 2.75) is 37.5 Å². The van der Waals surface area contributed by atoms with Crippen molar-refractivity contribution in [1.82, 2.24) is 5.32 Å². The molecule has 1 aromatic carbocycles. The van der Waals surface area contributed by atoms with E-state index in [1.807, 2.05) is 30.3 Å². The third-order valence-electron chi connectivity index (χ3n) is 4.50. The van der Waals surface area contributed by atoms with Crippen LogP contribution in [-0.2, 0) is 16.6 Å². The second-order valence-electron chi connectivity index (χ2n) is 5.90. The van der Waals surface area contributed by atoms with E-state index in [1.54, 1.807) is 11.3 Å². The molecule has 0 bridgehead atoms. The Morgan fingerprint density at radius 2 is 1.91 bits per heavy atom. The van der Waals surface area contributed by atoms with Gasteiger partial charge in [-0.3, -0.25) is 4.79 Å². The number of carbonyl (C=O) groups is 1. The zero-order valence-electron chi connectivity index (χ0n) is 12.5. The van der Waals surface area contributed by atoms with E-state index < -0.39 is 0 Å². The Hall–Kier alpha value is -1.32. The minimum atomic E-state index is -0.284. The monoisotopic (exact) mass is 333 g/mol. The first kappa shape index (κ1) is 15.6. The Labute approximate surface area is 140 Å². The van der Waals surface area contributed by atoms with Gasteiger partial charge in [0.2, 0.25) is 5.91 Å². The quantitative estimate of drug-likeness (QED) is 0.853. The number of amides is 1. The molecule has 116 valence electrons. The molecule has 1 aliphatic carbocycles. The molecule has 0 saturated heterocycles. The van der Waals surface area contributed by atoms with Crippen molar-refractivity contribution >= 4 is 28.8 Å². The van der Waals surface area contributed by atoms with Crippen LogP contribution >= 0.6 is 22.9 Å². The van der Waals surface area contributed by atoms with E-state index in [1.165, 1.54) is 10.4 Å². The fourth-order valence-corrected chi connectivity index (χ4v) is 4.36. The predicted molar refractivity (Wildman–Crippen MR) is 92.6 cm³/mol. The van der Waals surface area contributed by atoms with Gasteiger partial charge in [0.05, 0.1) is 5.41 Å². The Morgan fingerprint density at radius 1 is 1.18 bits per heavy atom. The van der Waals surface area contributed by atoms with Gasteiger partial charge in [-0.1, -0.05) is 42.6 Å². The topological polar surface area (TPSA) is 29.1 Å². The van der Waals surface area contributed by atoms with Crippen LogP contribution in [0.4, 0.5) is 0 Å². The Morgan fingerprint density at radius 3 is 2.55 bits per heavy atom. The van der Waals surface area contributed by atoms with Crippen LogP contribution in [0.25, 0.3) is 0 Å². The summed E-state index contributed by atoms with van der Waals surface area (Å²) in [5.41, 5.74) is 0.912. The van der Waals surface area contributed by atoms with Crippen LogP contribution in [0.3, 0.4) is 0 Å². The molecule has 0 aliphatic heterocycles. The highest BCUT2D eigenvalue weighted by molar-refractivity contribution is 7.10. The number of thiophene rings is 1. The van der Waals surface area contributed by atoms with E-state index in [0.29, 0.717) is 6.54 Å². The molecule has 1 fully saturated rings. The summed E-state index contributed by atoms with van der Waals surface area (Å²) in [6.45, 7) is 0.674. The molecule has 2 aromatic rings. The van der Waals surface area contributed by atoms with Gasteiger partial charge >= 0.3 is 0 Å². The normalized spacial score (nSPS) is 16.6. The van der Waals surface area contributed by atoms with Gasteiger partial charge in [-0.05, 0) is 48.4 Å². The van der Waals surface area contributed by atoms with E-state index in [4.69, 9.17) is 11.6 Å². The largest absolute Gasteiger partial charge is 0.355 e. The predicted octanol–water partition coefficient (Wildman–Crippen LogP) is 4.57. The minimum Gasteiger partial charge on any atom is -0.355 e. The van der Waals surface area contributed by atoms with Crippen LogP contribution in [0.1, 0.15) is 36.1 Å². The first-order chi connectivity index (χ1) is 10.7. The summed E-state index contributed by atoms with van der Waals surface area (Å²) < 4.78 is 0. The Kier molecular flexibility index (Phi) is 4.84. The zero-order chi connectivity index (χ0) is 15.4. The summed E-state index contributed by atoms with van der Waals surface area (Å²) in [4.78, 5) is 14.0. The number of nitrogens with one attached hydrogen (secondary N) is 1. The summed E-state index contributed by atoms with van der Waals surface area (Å²) in [6, 6.07) is 12.0. The van der Waals surface area contributed by atoms with Crippen LogP contribution in [-0.4, -0.2) is 12.5 Å². The molecule has 22 heavy (non-hydrogen) atoms. The molecule has 1 aliphatic rings. The van der Waals surface area contributed by atoms with Gasteiger partial charge in [-0.15, -0.1) is 11.3 Å². The van der Waals surface area contributed by atoms with Crippen LogP contribution in [0.5, 0.6) is 0 Å². The second kappa shape index (κ2) is 6.84. The number of halogens is 1. The van der Waals surface area contributed by atoms with Gasteiger partial charge in [-0.2, -0.15) is 0 Å². The smallest absolute Gasteiger partial charge is 0.231 e. The number of benzene rings is 1. The first-order valence-electron chi connectivity index (χ1n) is 7.77. The van der Waals surface area contributed by atoms with Gasteiger partial charge < -0.3 is 5.32 Å². The number of rotatable bonds is 5. The van der Waals surface area contributed by atoms with E-state index in [0.717, 1.165) is 37.1 Å². The lowest BCUT2D eigenvalue weighted by atomic mass is 9.83. The first-order valence-corrected chi connectivity index (χ1v) is 9.03. The van der Waals surface area contributed by atoms with Crippen molar-refractivity contribution < 1.29 is 4.79 Å². The third-order valence-corrected chi connectivity index (χ3v) is 5.82. The lowest BCUT2D eigenvalue weighted by Gasteiger charge is -2.26. The van der Waals surface area contributed by atoms with Gasteiger partial charge in [0.15, 0.2) is 0 Å². The van der Waals surface area contributed by atoms with E-state index in [-0.39, 0.29) is 11.3 Å². The fourth-order valence-electron chi connectivity index (χ4n) is 3.26.